The van der Waals surface area contributed by atoms with Crippen LogP contribution in [0.1, 0.15) is 33.1 Å². The lowest BCUT2D eigenvalue weighted by Gasteiger charge is -2.34. The van der Waals surface area contributed by atoms with Crippen molar-refractivity contribution in [2.24, 2.45) is 5.92 Å². The highest BCUT2D eigenvalue weighted by molar-refractivity contribution is 5.73. The number of aliphatic carboxylic acids is 1. The van der Waals surface area contributed by atoms with E-state index in [4.69, 9.17) is 5.11 Å². The summed E-state index contributed by atoms with van der Waals surface area (Å²) in [6.07, 6.45) is 3.10. The molecule has 1 aliphatic heterocycles. The van der Waals surface area contributed by atoms with Crippen LogP contribution in [0.5, 0.6) is 0 Å². The van der Waals surface area contributed by atoms with E-state index in [0.717, 1.165) is 19.5 Å². The summed E-state index contributed by atoms with van der Waals surface area (Å²) in [4.78, 5) is 13.0. The van der Waals surface area contributed by atoms with Crippen LogP contribution in [0.25, 0.3) is 0 Å². The summed E-state index contributed by atoms with van der Waals surface area (Å²) < 4.78 is 0. The molecule has 1 rings (SSSR count). The minimum Gasteiger partial charge on any atom is -0.480 e. The van der Waals surface area contributed by atoms with E-state index in [-0.39, 0.29) is 6.04 Å². The van der Waals surface area contributed by atoms with Gasteiger partial charge in [0.1, 0.15) is 6.04 Å². The summed E-state index contributed by atoms with van der Waals surface area (Å²) in [6.45, 7) is 6.04. The van der Waals surface area contributed by atoms with Crippen molar-refractivity contribution in [1.29, 1.82) is 0 Å². The van der Waals surface area contributed by atoms with Gasteiger partial charge in [0, 0.05) is 6.54 Å². The predicted octanol–water partition coefficient (Wildman–Crippen LogP) is 1.58. The third kappa shape index (κ3) is 2.69. The van der Waals surface area contributed by atoms with Crippen LogP contribution in [-0.2, 0) is 4.79 Å². The van der Waals surface area contributed by atoms with Crippen molar-refractivity contribution < 1.29 is 9.90 Å². The first kappa shape index (κ1) is 10.5. The van der Waals surface area contributed by atoms with Crippen LogP contribution in [0.2, 0.25) is 0 Å². The number of carboxylic acid groups (broad SMARTS) is 1. The summed E-state index contributed by atoms with van der Waals surface area (Å²) in [5, 5.41) is 8.97. The molecular weight excluding hydrogens is 166 g/mol. The molecule has 0 aromatic heterocycles. The zero-order chi connectivity index (χ0) is 9.84. The Kier molecular flexibility index (Phi) is 3.72. The summed E-state index contributed by atoms with van der Waals surface area (Å²) in [5.41, 5.74) is 0. The molecule has 0 radical (unpaired) electrons. The summed E-state index contributed by atoms with van der Waals surface area (Å²) in [6, 6.07) is -0.261. The lowest BCUT2D eigenvalue weighted by Crippen LogP contribution is -2.45. The van der Waals surface area contributed by atoms with Crippen LogP contribution < -0.4 is 0 Å². The lowest BCUT2D eigenvalue weighted by molar-refractivity contribution is -0.144. The Morgan fingerprint density at radius 3 is 2.85 bits per heavy atom. The molecular formula is C10H19NO2. The van der Waals surface area contributed by atoms with E-state index in [2.05, 4.69) is 11.8 Å². The normalized spacial score (nSPS) is 27.1. The fourth-order valence-electron chi connectivity index (χ4n) is 2.10. The molecule has 76 valence electrons. The Morgan fingerprint density at radius 2 is 2.38 bits per heavy atom. The van der Waals surface area contributed by atoms with Crippen molar-refractivity contribution in [2.75, 3.05) is 13.1 Å². The Balaban J connectivity index is 2.52. The highest BCUT2D eigenvalue weighted by atomic mass is 16.4. The van der Waals surface area contributed by atoms with Gasteiger partial charge >= 0.3 is 5.97 Å². The van der Waals surface area contributed by atoms with Gasteiger partial charge in [-0.2, -0.15) is 0 Å². The van der Waals surface area contributed by atoms with Crippen molar-refractivity contribution in [1.82, 2.24) is 4.90 Å². The van der Waals surface area contributed by atoms with Crippen LogP contribution >= 0.6 is 0 Å². The van der Waals surface area contributed by atoms with E-state index < -0.39 is 5.97 Å². The molecule has 1 N–H and O–H groups in total. The standard InChI is InChI=1S/C10H19NO2/c1-3-9(10(12)13)11-6-4-5-8(2)7-11/h8-9H,3-7H2,1-2H3,(H,12,13)/t8-,9+/m1/s1. The maximum Gasteiger partial charge on any atom is 0.320 e. The molecule has 3 heteroatoms. The highest BCUT2D eigenvalue weighted by Gasteiger charge is 2.27. The molecule has 0 amide bonds. The number of rotatable bonds is 3. The number of hydrogen-bond donors (Lipinski definition) is 1. The maximum atomic E-state index is 10.9. The molecule has 0 aliphatic carbocycles. The van der Waals surface area contributed by atoms with Crippen LogP contribution in [0.15, 0.2) is 0 Å². The average molecular weight is 185 g/mol. The molecule has 0 spiro atoms. The van der Waals surface area contributed by atoms with Gasteiger partial charge in [-0.25, -0.2) is 0 Å². The van der Waals surface area contributed by atoms with Gasteiger partial charge in [-0.3, -0.25) is 9.69 Å². The first-order valence-electron chi connectivity index (χ1n) is 5.12. The molecule has 0 saturated carbocycles. The molecule has 0 aromatic carbocycles. The molecule has 0 aromatic rings. The third-order valence-electron chi connectivity index (χ3n) is 2.80. The van der Waals surface area contributed by atoms with Gasteiger partial charge in [-0.1, -0.05) is 13.8 Å². The quantitative estimate of drug-likeness (QED) is 0.725. The molecule has 0 unspecified atom stereocenters. The van der Waals surface area contributed by atoms with Crippen LogP contribution in [0.3, 0.4) is 0 Å². The van der Waals surface area contributed by atoms with E-state index in [1.165, 1.54) is 6.42 Å². The van der Waals surface area contributed by atoms with Gasteiger partial charge in [-0.05, 0) is 31.7 Å². The van der Waals surface area contributed by atoms with E-state index in [1.54, 1.807) is 0 Å². The van der Waals surface area contributed by atoms with Crippen molar-refractivity contribution in [3.05, 3.63) is 0 Å². The average Bonchev–Trinajstić information content (AvgIpc) is 2.04. The third-order valence-corrected chi connectivity index (χ3v) is 2.80. The fourth-order valence-corrected chi connectivity index (χ4v) is 2.10. The molecule has 13 heavy (non-hydrogen) atoms. The number of likely N-dealkylation sites (tertiary alicyclic amines) is 1. The first-order valence-corrected chi connectivity index (χ1v) is 5.12. The highest BCUT2D eigenvalue weighted by Crippen LogP contribution is 2.18. The van der Waals surface area contributed by atoms with E-state index in [1.807, 2.05) is 6.92 Å². The number of carbonyl (C=O) groups is 1. The molecule has 1 saturated heterocycles. The number of hydrogen-bond acceptors (Lipinski definition) is 2. The van der Waals surface area contributed by atoms with E-state index in [9.17, 15) is 4.79 Å². The second-order valence-electron chi connectivity index (χ2n) is 4.00. The Hall–Kier alpha value is -0.570. The number of piperidine rings is 1. The SMILES string of the molecule is CC[C@@H](C(=O)O)N1CCC[C@@H](C)C1. The van der Waals surface area contributed by atoms with Gasteiger partial charge in [0.25, 0.3) is 0 Å². The largest absolute Gasteiger partial charge is 0.480 e. The zero-order valence-corrected chi connectivity index (χ0v) is 8.49. The van der Waals surface area contributed by atoms with Crippen LogP contribution in [0, 0.1) is 5.92 Å². The Labute approximate surface area is 79.7 Å². The van der Waals surface area contributed by atoms with Gasteiger partial charge in [0.2, 0.25) is 0 Å². The fraction of sp³-hybridized carbons (Fsp3) is 0.900. The minimum atomic E-state index is -0.670. The van der Waals surface area contributed by atoms with Crippen molar-refractivity contribution in [3.63, 3.8) is 0 Å². The molecule has 1 heterocycles. The maximum absolute atomic E-state index is 10.9. The molecule has 1 aliphatic rings. The van der Waals surface area contributed by atoms with Crippen LogP contribution in [-0.4, -0.2) is 35.1 Å². The van der Waals surface area contributed by atoms with E-state index in [0.29, 0.717) is 12.3 Å². The summed E-state index contributed by atoms with van der Waals surface area (Å²) in [7, 11) is 0. The van der Waals surface area contributed by atoms with Crippen LogP contribution in [0.4, 0.5) is 0 Å². The number of carboxylic acids is 1. The molecule has 2 atom stereocenters. The molecule has 1 fully saturated rings. The van der Waals surface area contributed by atoms with Gasteiger partial charge in [0.05, 0.1) is 0 Å². The molecule has 0 bridgehead atoms. The topological polar surface area (TPSA) is 40.5 Å². The van der Waals surface area contributed by atoms with E-state index >= 15 is 0 Å². The zero-order valence-electron chi connectivity index (χ0n) is 8.49. The summed E-state index contributed by atoms with van der Waals surface area (Å²) in [5.74, 6) is -0.0150. The van der Waals surface area contributed by atoms with Gasteiger partial charge in [-0.15, -0.1) is 0 Å². The minimum absolute atomic E-state index is 0.261. The Bertz CT molecular complexity index is 182. The predicted molar refractivity (Wildman–Crippen MR) is 51.7 cm³/mol. The summed E-state index contributed by atoms with van der Waals surface area (Å²) >= 11 is 0. The second-order valence-corrected chi connectivity index (χ2v) is 4.00. The van der Waals surface area contributed by atoms with Crippen molar-refractivity contribution in [2.45, 2.75) is 39.2 Å². The van der Waals surface area contributed by atoms with Gasteiger partial charge in [0.15, 0.2) is 0 Å². The van der Waals surface area contributed by atoms with Gasteiger partial charge < -0.3 is 5.11 Å². The van der Waals surface area contributed by atoms with Crippen molar-refractivity contribution >= 4 is 5.97 Å². The Morgan fingerprint density at radius 1 is 1.69 bits per heavy atom. The first-order chi connectivity index (χ1) is 6.15. The number of nitrogens with zero attached hydrogens (tertiary/aromatic N) is 1. The molecule has 3 nitrogen and oxygen atoms in total. The second kappa shape index (κ2) is 4.61. The lowest BCUT2D eigenvalue weighted by atomic mass is 9.98. The van der Waals surface area contributed by atoms with Crippen molar-refractivity contribution in [3.8, 4) is 0 Å². The smallest absolute Gasteiger partial charge is 0.320 e. The monoisotopic (exact) mass is 185 g/mol.